The first-order valence-corrected chi connectivity index (χ1v) is 4.25. The molecule has 1 nitrogen and oxygen atoms in total. The molecule has 0 aliphatic rings. The van der Waals surface area contributed by atoms with Gasteiger partial charge < -0.3 is 5.73 Å². The molecule has 0 spiro atoms. The predicted molar refractivity (Wildman–Crippen MR) is 48.2 cm³/mol. The molecule has 1 atom stereocenters. The third kappa shape index (κ3) is 2.31. The smallest absolute Gasteiger partial charge is 0.123 e. The fourth-order valence-electron chi connectivity index (χ4n) is 1.21. The monoisotopic (exact) mass is 167 g/mol. The van der Waals surface area contributed by atoms with Crippen LogP contribution in [0, 0.1) is 5.82 Å². The fourth-order valence-corrected chi connectivity index (χ4v) is 1.21. The molecule has 2 heteroatoms. The van der Waals surface area contributed by atoms with Gasteiger partial charge in [-0.25, -0.2) is 4.39 Å². The van der Waals surface area contributed by atoms with Crippen molar-refractivity contribution in [1.29, 1.82) is 0 Å². The zero-order valence-electron chi connectivity index (χ0n) is 7.26. The molecular weight excluding hydrogens is 153 g/mol. The van der Waals surface area contributed by atoms with Crippen molar-refractivity contribution in [3.05, 3.63) is 35.6 Å². The number of nitrogens with two attached hydrogens (primary N) is 1. The fraction of sp³-hybridized carbons (Fsp3) is 0.400. The van der Waals surface area contributed by atoms with E-state index in [9.17, 15) is 4.39 Å². The minimum atomic E-state index is -0.209. The van der Waals surface area contributed by atoms with Crippen LogP contribution in [0.25, 0.3) is 0 Å². The standard InChI is InChI=1S/C10H14FN/c1-2-4-10(12)8-5-3-6-9(11)7-8/h3,5-7,10H,2,4,12H2,1H3. The Labute approximate surface area is 72.4 Å². The van der Waals surface area contributed by atoms with E-state index in [-0.39, 0.29) is 11.9 Å². The van der Waals surface area contributed by atoms with E-state index < -0.39 is 0 Å². The molecule has 0 saturated heterocycles. The van der Waals surface area contributed by atoms with Crippen LogP contribution < -0.4 is 5.73 Å². The second-order valence-electron chi connectivity index (χ2n) is 2.95. The van der Waals surface area contributed by atoms with Crippen LogP contribution in [-0.2, 0) is 0 Å². The molecule has 1 unspecified atom stereocenters. The van der Waals surface area contributed by atoms with Gasteiger partial charge in [-0.2, -0.15) is 0 Å². The minimum absolute atomic E-state index is 0.0225. The summed E-state index contributed by atoms with van der Waals surface area (Å²) in [6.07, 6.45) is 1.93. The van der Waals surface area contributed by atoms with Gasteiger partial charge in [0.1, 0.15) is 5.82 Å². The van der Waals surface area contributed by atoms with Gasteiger partial charge in [0.15, 0.2) is 0 Å². The number of benzene rings is 1. The van der Waals surface area contributed by atoms with Crippen LogP contribution in [-0.4, -0.2) is 0 Å². The maximum Gasteiger partial charge on any atom is 0.123 e. The summed E-state index contributed by atoms with van der Waals surface area (Å²) in [7, 11) is 0. The zero-order chi connectivity index (χ0) is 8.97. The Morgan fingerprint density at radius 2 is 2.25 bits per heavy atom. The predicted octanol–water partition coefficient (Wildman–Crippen LogP) is 2.63. The quantitative estimate of drug-likeness (QED) is 0.735. The Hall–Kier alpha value is -0.890. The van der Waals surface area contributed by atoms with E-state index in [0.29, 0.717) is 0 Å². The van der Waals surface area contributed by atoms with Crippen molar-refractivity contribution in [1.82, 2.24) is 0 Å². The van der Waals surface area contributed by atoms with Crippen molar-refractivity contribution in [3.8, 4) is 0 Å². The van der Waals surface area contributed by atoms with Crippen molar-refractivity contribution >= 4 is 0 Å². The zero-order valence-corrected chi connectivity index (χ0v) is 7.26. The molecule has 0 saturated carbocycles. The highest BCUT2D eigenvalue weighted by Gasteiger charge is 2.04. The molecule has 1 aromatic carbocycles. The SMILES string of the molecule is CCCC(N)c1cccc(F)c1. The Morgan fingerprint density at radius 1 is 1.50 bits per heavy atom. The summed E-state index contributed by atoms with van der Waals surface area (Å²) in [5, 5.41) is 0. The summed E-state index contributed by atoms with van der Waals surface area (Å²) in [6.45, 7) is 2.07. The molecule has 0 amide bonds. The third-order valence-electron chi connectivity index (χ3n) is 1.88. The van der Waals surface area contributed by atoms with E-state index >= 15 is 0 Å². The van der Waals surface area contributed by atoms with Crippen LogP contribution in [0.2, 0.25) is 0 Å². The molecule has 0 heterocycles. The summed E-state index contributed by atoms with van der Waals surface area (Å²) in [4.78, 5) is 0. The lowest BCUT2D eigenvalue weighted by Gasteiger charge is -2.09. The van der Waals surface area contributed by atoms with E-state index in [1.165, 1.54) is 12.1 Å². The van der Waals surface area contributed by atoms with Crippen molar-refractivity contribution in [2.45, 2.75) is 25.8 Å². The number of halogens is 1. The first kappa shape index (κ1) is 9.20. The van der Waals surface area contributed by atoms with Crippen molar-refractivity contribution in [3.63, 3.8) is 0 Å². The van der Waals surface area contributed by atoms with Gasteiger partial charge in [0.2, 0.25) is 0 Å². The van der Waals surface area contributed by atoms with Crippen LogP contribution in [0.4, 0.5) is 4.39 Å². The maximum atomic E-state index is 12.7. The van der Waals surface area contributed by atoms with E-state index in [4.69, 9.17) is 5.73 Å². The molecule has 0 aliphatic heterocycles. The number of hydrogen-bond acceptors (Lipinski definition) is 1. The molecule has 0 aliphatic carbocycles. The minimum Gasteiger partial charge on any atom is -0.324 e. The van der Waals surface area contributed by atoms with Gasteiger partial charge in [-0.15, -0.1) is 0 Å². The normalized spacial score (nSPS) is 12.9. The Balaban J connectivity index is 2.73. The molecule has 1 aromatic rings. The average molecular weight is 167 g/mol. The summed E-state index contributed by atoms with van der Waals surface area (Å²) in [6, 6.07) is 6.47. The van der Waals surface area contributed by atoms with Gasteiger partial charge in [0.05, 0.1) is 0 Å². The molecule has 2 N–H and O–H groups in total. The highest BCUT2D eigenvalue weighted by molar-refractivity contribution is 5.19. The van der Waals surface area contributed by atoms with Gasteiger partial charge >= 0.3 is 0 Å². The molecular formula is C10H14FN. The van der Waals surface area contributed by atoms with Crippen LogP contribution in [0.5, 0.6) is 0 Å². The highest BCUT2D eigenvalue weighted by Crippen LogP contribution is 2.15. The lowest BCUT2D eigenvalue weighted by Crippen LogP contribution is -2.09. The van der Waals surface area contributed by atoms with E-state index in [1.807, 2.05) is 6.07 Å². The van der Waals surface area contributed by atoms with Gasteiger partial charge in [-0.3, -0.25) is 0 Å². The van der Waals surface area contributed by atoms with E-state index in [0.717, 1.165) is 18.4 Å². The van der Waals surface area contributed by atoms with E-state index in [1.54, 1.807) is 6.07 Å². The average Bonchev–Trinajstić information content (AvgIpc) is 2.05. The van der Waals surface area contributed by atoms with Crippen LogP contribution in [0.3, 0.4) is 0 Å². The summed E-state index contributed by atoms with van der Waals surface area (Å²) < 4.78 is 12.7. The molecule has 12 heavy (non-hydrogen) atoms. The molecule has 0 fully saturated rings. The topological polar surface area (TPSA) is 26.0 Å². The van der Waals surface area contributed by atoms with Crippen molar-refractivity contribution in [2.24, 2.45) is 5.73 Å². The Kier molecular flexibility index (Phi) is 3.23. The second kappa shape index (κ2) is 4.21. The van der Waals surface area contributed by atoms with Crippen LogP contribution >= 0.6 is 0 Å². The Morgan fingerprint density at radius 3 is 2.83 bits per heavy atom. The van der Waals surface area contributed by atoms with E-state index in [2.05, 4.69) is 6.92 Å². The summed E-state index contributed by atoms with van der Waals surface area (Å²) in [5.74, 6) is -0.209. The van der Waals surface area contributed by atoms with Crippen LogP contribution in [0.1, 0.15) is 31.4 Å². The number of hydrogen-bond donors (Lipinski definition) is 1. The lowest BCUT2D eigenvalue weighted by molar-refractivity contribution is 0.605. The molecule has 0 bridgehead atoms. The van der Waals surface area contributed by atoms with Crippen molar-refractivity contribution in [2.75, 3.05) is 0 Å². The van der Waals surface area contributed by atoms with Gasteiger partial charge in [-0.1, -0.05) is 25.5 Å². The third-order valence-corrected chi connectivity index (χ3v) is 1.88. The maximum absolute atomic E-state index is 12.7. The highest BCUT2D eigenvalue weighted by atomic mass is 19.1. The first-order chi connectivity index (χ1) is 5.74. The molecule has 1 rings (SSSR count). The van der Waals surface area contributed by atoms with Gasteiger partial charge in [0.25, 0.3) is 0 Å². The lowest BCUT2D eigenvalue weighted by atomic mass is 10.0. The number of rotatable bonds is 3. The summed E-state index contributed by atoms with van der Waals surface area (Å²) in [5.41, 5.74) is 6.69. The molecule has 66 valence electrons. The molecule has 0 aromatic heterocycles. The first-order valence-electron chi connectivity index (χ1n) is 4.25. The van der Waals surface area contributed by atoms with Gasteiger partial charge in [0, 0.05) is 6.04 Å². The second-order valence-corrected chi connectivity index (χ2v) is 2.95. The van der Waals surface area contributed by atoms with Crippen molar-refractivity contribution < 1.29 is 4.39 Å². The van der Waals surface area contributed by atoms with Crippen LogP contribution in [0.15, 0.2) is 24.3 Å². The van der Waals surface area contributed by atoms with Gasteiger partial charge in [-0.05, 0) is 24.1 Å². The molecule has 0 radical (unpaired) electrons. The largest absolute Gasteiger partial charge is 0.324 e. The summed E-state index contributed by atoms with van der Waals surface area (Å²) >= 11 is 0. The Bertz CT molecular complexity index is 247.